The van der Waals surface area contributed by atoms with Crippen molar-refractivity contribution in [3.05, 3.63) is 0 Å². The Morgan fingerprint density at radius 3 is 0.823 bits per heavy atom. The first kappa shape index (κ1) is 75.6. The zero-order valence-corrected chi connectivity index (χ0v) is 54.7. The van der Waals surface area contributed by atoms with Gasteiger partial charge in [0.15, 0.2) is 0 Å². The molecule has 5 unspecified atom stereocenters. The molecular weight excluding hydrogens is 1010 g/mol. The second kappa shape index (κ2) is 31.9. The second-order valence-electron chi connectivity index (χ2n) is 29.7. The maximum atomic E-state index is 15.3. The summed E-state index contributed by atoms with van der Waals surface area (Å²) in [6, 6.07) is 0. The topological polar surface area (TPSA) is 218 Å². The summed E-state index contributed by atoms with van der Waals surface area (Å²) >= 11 is 0. The fourth-order valence-corrected chi connectivity index (χ4v) is 10.0. The molecule has 0 aliphatic rings. The smallest absolute Gasteiger partial charge is 0.311 e. The highest BCUT2D eigenvalue weighted by atomic mass is 16.6. The van der Waals surface area contributed by atoms with Crippen molar-refractivity contribution in [2.24, 2.45) is 32.5 Å². The van der Waals surface area contributed by atoms with Gasteiger partial charge in [-0.15, -0.1) is 0 Å². The molecule has 464 valence electrons. The Morgan fingerprint density at radius 1 is 0.291 bits per heavy atom. The first-order valence-corrected chi connectivity index (χ1v) is 29.5. The summed E-state index contributed by atoms with van der Waals surface area (Å²) in [5, 5.41) is 16.8. The molecule has 17 nitrogen and oxygen atoms in total. The molecule has 79 heavy (non-hydrogen) atoms. The minimum atomic E-state index is -1.67. The van der Waals surface area contributed by atoms with Gasteiger partial charge < -0.3 is 55.0 Å². The predicted octanol–water partition coefficient (Wildman–Crippen LogP) is 10.2. The van der Waals surface area contributed by atoms with E-state index in [0.717, 1.165) is 12.8 Å². The number of esters is 6. The number of unbranched alkanes of at least 4 members (excludes halogenated alkanes) is 1. The summed E-state index contributed by atoms with van der Waals surface area (Å²) in [7, 11) is 0. The maximum absolute atomic E-state index is 15.3. The molecule has 0 heterocycles. The molecule has 0 radical (unpaired) electrons. The van der Waals surface area contributed by atoms with E-state index in [0.29, 0.717) is 58.6 Å². The highest BCUT2D eigenvalue weighted by molar-refractivity contribution is 5.85. The van der Waals surface area contributed by atoms with Crippen LogP contribution in [0.3, 0.4) is 0 Å². The van der Waals surface area contributed by atoms with Crippen molar-refractivity contribution >= 4 is 35.8 Å². The second-order valence-corrected chi connectivity index (χ2v) is 29.7. The molecule has 5 atom stereocenters. The van der Waals surface area contributed by atoms with Gasteiger partial charge in [-0.25, -0.2) is 0 Å². The summed E-state index contributed by atoms with van der Waals surface area (Å²) in [5.41, 5.74) is -9.66. The summed E-state index contributed by atoms with van der Waals surface area (Å²) in [4.78, 5) is 88.1. The van der Waals surface area contributed by atoms with E-state index in [9.17, 15) is 19.2 Å². The first-order chi connectivity index (χ1) is 35.7. The molecule has 0 amide bonds. The van der Waals surface area contributed by atoms with Gasteiger partial charge in [0.25, 0.3) is 0 Å². The Labute approximate surface area is 480 Å². The van der Waals surface area contributed by atoms with E-state index in [1.807, 2.05) is 125 Å². The van der Waals surface area contributed by atoms with Crippen LogP contribution in [0.4, 0.5) is 0 Å². The molecule has 0 aromatic carbocycles. The van der Waals surface area contributed by atoms with Crippen LogP contribution in [-0.2, 0) is 57.2 Å². The van der Waals surface area contributed by atoms with Crippen LogP contribution >= 0.6 is 0 Å². The summed E-state index contributed by atoms with van der Waals surface area (Å²) < 4.78 is 36.1. The minimum absolute atomic E-state index is 0.000590. The van der Waals surface area contributed by atoms with Crippen molar-refractivity contribution in [2.75, 3.05) is 72.4 Å². The Kier molecular flexibility index (Phi) is 30.5. The largest absolute Gasteiger partial charge is 0.465 e. The van der Waals surface area contributed by atoms with Crippen molar-refractivity contribution < 1.29 is 57.2 Å². The van der Waals surface area contributed by atoms with Crippen LogP contribution in [0.25, 0.3) is 0 Å². The molecule has 0 aromatic rings. The van der Waals surface area contributed by atoms with Crippen LogP contribution in [0, 0.1) is 32.5 Å². The zero-order valence-electron chi connectivity index (χ0n) is 54.7. The van der Waals surface area contributed by atoms with E-state index in [4.69, 9.17) is 28.4 Å². The van der Waals surface area contributed by atoms with Gasteiger partial charge in [-0.05, 0) is 204 Å². The van der Waals surface area contributed by atoms with Gasteiger partial charge >= 0.3 is 35.8 Å². The zero-order chi connectivity index (χ0) is 61.6. The third-order valence-corrected chi connectivity index (χ3v) is 14.1. The molecule has 17 heteroatoms. The number of nitrogens with one attached hydrogen (secondary N) is 5. The molecule has 0 saturated heterocycles. The SMILES string of the molecule is CCCCOC(=O)C(C)(CC)CCCC(C)(CC(C)(CC(C)(CC(C)(CC(C)(C)C(=O)OCCNC(C)(C)C)C(=O)OCCNC(C)(C)C)C(=O)OCCNC(C)(C)C)C(=O)OCCNC(C)(C)C)C(=O)OCCNC(C)(C)C. The third-order valence-electron chi connectivity index (χ3n) is 14.1. The molecule has 0 spiro atoms. The fraction of sp³-hybridized carbons (Fsp3) is 0.903. The van der Waals surface area contributed by atoms with Crippen LogP contribution in [-0.4, -0.2) is 136 Å². The lowest BCUT2D eigenvalue weighted by molar-refractivity contribution is -0.174. The van der Waals surface area contributed by atoms with E-state index in [2.05, 4.69) is 26.6 Å². The van der Waals surface area contributed by atoms with Crippen LogP contribution in [0.1, 0.15) is 230 Å². The van der Waals surface area contributed by atoms with Crippen molar-refractivity contribution in [3.8, 4) is 0 Å². The third kappa shape index (κ3) is 31.0. The van der Waals surface area contributed by atoms with Gasteiger partial charge in [-0.3, -0.25) is 28.8 Å². The summed E-state index contributed by atoms with van der Waals surface area (Å²) in [6.07, 6.45) is 2.40. The molecule has 0 aromatic heterocycles. The number of rotatable bonds is 37. The Bertz CT molecular complexity index is 1890. The lowest BCUT2D eigenvalue weighted by Gasteiger charge is -2.44. The van der Waals surface area contributed by atoms with E-state index < -0.39 is 62.3 Å². The summed E-state index contributed by atoms with van der Waals surface area (Å²) in [6.45, 7) is 48.4. The maximum Gasteiger partial charge on any atom is 0.311 e. The molecular formula is C62H119N5O12. The monoisotopic (exact) mass is 1130 g/mol. The van der Waals surface area contributed by atoms with Gasteiger partial charge in [0.2, 0.25) is 0 Å². The Hall–Kier alpha value is -3.38. The van der Waals surface area contributed by atoms with Crippen LogP contribution in [0.15, 0.2) is 0 Å². The Balaban J connectivity index is 8.21. The number of carbonyl (C=O) groups excluding carboxylic acids is 6. The number of carbonyl (C=O) groups is 6. The molecule has 0 bridgehead atoms. The number of ether oxygens (including phenoxy) is 6. The lowest BCUT2D eigenvalue weighted by Crippen LogP contribution is -2.50. The van der Waals surface area contributed by atoms with Gasteiger partial charge in [-0.1, -0.05) is 26.7 Å². The molecule has 0 saturated carbocycles. The fourth-order valence-electron chi connectivity index (χ4n) is 10.0. The van der Waals surface area contributed by atoms with Crippen LogP contribution < -0.4 is 26.6 Å². The molecule has 0 fully saturated rings. The van der Waals surface area contributed by atoms with Gasteiger partial charge in [0.05, 0.1) is 39.1 Å². The molecule has 0 aliphatic heterocycles. The standard InChI is InChI=1S/C62H119N5O12/c1-25-27-36-74-47(69)58(20,26-2)29-28-30-59(21,48(70)76-38-32-64-53(6,7)8)43-61(23,50(72)78-40-34-66-55(12,13)14)45-62(24,51(73)79-41-35-67-56(15,16)17)44-60(22,49(71)77-39-33-65-54(9,10)11)42-57(18,19)46(68)75-37-31-63-52(3,4)5/h63-67H,25-45H2,1-24H3. The molecule has 5 N–H and O–H groups in total. The lowest BCUT2D eigenvalue weighted by atomic mass is 9.59. The average molecular weight is 1130 g/mol. The predicted molar refractivity (Wildman–Crippen MR) is 316 cm³/mol. The van der Waals surface area contributed by atoms with Crippen molar-refractivity contribution in [1.82, 2.24) is 26.6 Å². The normalized spacial score (nSPS) is 16.7. The first-order valence-electron chi connectivity index (χ1n) is 29.5. The number of hydrogen-bond donors (Lipinski definition) is 5. The molecule has 0 rings (SSSR count). The quantitative estimate of drug-likeness (QED) is 0.0222. The van der Waals surface area contributed by atoms with Crippen molar-refractivity contribution in [3.63, 3.8) is 0 Å². The number of hydrogen-bond acceptors (Lipinski definition) is 17. The van der Waals surface area contributed by atoms with E-state index in [-0.39, 0.29) is 98.8 Å². The average Bonchev–Trinajstić information content (AvgIpc) is 3.28. The van der Waals surface area contributed by atoms with E-state index >= 15 is 9.59 Å². The molecule has 0 aliphatic carbocycles. The van der Waals surface area contributed by atoms with Crippen molar-refractivity contribution in [2.45, 2.75) is 258 Å². The van der Waals surface area contributed by atoms with Crippen molar-refractivity contribution in [1.29, 1.82) is 0 Å². The summed E-state index contributed by atoms with van der Waals surface area (Å²) in [5.74, 6) is -3.37. The Morgan fingerprint density at radius 2 is 0.532 bits per heavy atom. The van der Waals surface area contributed by atoms with Crippen LogP contribution in [0.5, 0.6) is 0 Å². The van der Waals surface area contributed by atoms with Crippen LogP contribution in [0.2, 0.25) is 0 Å². The highest BCUT2D eigenvalue weighted by Gasteiger charge is 2.56. The van der Waals surface area contributed by atoms with E-state index in [1.54, 1.807) is 41.5 Å². The van der Waals surface area contributed by atoms with Gasteiger partial charge in [-0.2, -0.15) is 0 Å². The minimum Gasteiger partial charge on any atom is -0.465 e. The van der Waals surface area contributed by atoms with Gasteiger partial charge in [0, 0.05) is 60.4 Å². The highest BCUT2D eigenvalue weighted by Crippen LogP contribution is 2.52. The van der Waals surface area contributed by atoms with E-state index in [1.165, 1.54) is 0 Å². The van der Waals surface area contributed by atoms with Gasteiger partial charge in [0.1, 0.15) is 33.0 Å².